The molecule has 0 aromatic heterocycles. The van der Waals surface area contributed by atoms with E-state index >= 15 is 0 Å². The van der Waals surface area contributed by atoms with E-state index in [1.165, 1.54) is 12.8 Å². The molecule has 70 valence electrons. The Morgan fingerprint density at radius 1 is 1.67 bits per heavy atom. The third-order valence-electron chi connectivity index (χ3n) is 2.55. The molecule has 1 rings (SSSR count). The van der Waals surface area contributed by atoms with Gasteiger partial charge in [0.1, 0.15) is 0 Å². The average Bonchev–Trinajstić information content (AvgIpc) is 2.04. The summed E-state index contributed by atoms with van der Waals surface area (Å²) in [6, 6.07) is 0. The zero-order chi connectivity index (χ0) is 9.14. The van der Waals surface area contributed by atoms with Crippen molar-refractivity contribution in [2.75, 3.05) is 13.1 Å². The molecule has 1 aliphatic heterocycles. The van der Waals surface area contributed by atoms with Crippen LogP contribution in [0.15, 0.2) is 0 Å². The fourth-order valence-corrected chi connectivity index (χ4v) is 2.26. The van der Waals surface area contributed by atoms with Crippen molar-refractivity contribution < 1.29 is 4.79 Å². The van der Waals surface area contributed by atoms with E-state index in [1.807, 2.05) is 4.90 Å². The van der Waals surface area contributed by atoms with Crippen LogP contribution in [0.25, 0.3) is 0 Å². The molecule has 0 radical (unpaired) electrons. The fraction of sp³-hybridized carbons (Fsp3) is 0.889. The van der Waals surface area contributed by atoms with E-state index in [-0.39, 0.29) is 5.91 Å². The van der Waals surface area contributed by atoms with Crippen LogP contribution in [0.3, 0.4) is 0 Å². The molecule has 2 nitrogen and oxygen atoms in total. The highest BCUT2D eigenvalue weighted by atomic mass is 127. The Morgan fingerprint density at radius 2 is 2.33 bits per heavy atom. The van der Waals surface area contributed by atoms with Crippen LogP contribution >= 0.6 is 22.6 Å². The largest absolute Gasteiger partial charge is 0.343 e. The second-order valence-electron chi connectivity index (χ2n) is 3.54. The highest BCUT2D eigenvalue weighted by Crippen LogP contribution is 2.24. The highest BCUT2D eigenvalue weighted by molar-refractivity contribution is 14.1. The standard InChI is InChI=1S/C9H16INO/c1-7(10)9-4-3-5-11(6-9)8(2)12/h7,9H,3-6H2,1-2H3/t7-,9-/m1/s1. The maximum absolute atomic E-state index is 11.1. The molecule has 0 spiro atoms. The lowest BCUT2D eigenvalue weighted by atomic mass is 9.96. The number of hydrogen-bond acceptors (Lipinski definition) is 1. The van der Waals surface area contributed by atoms with E-state index in [9.17, 15) is 4.79 Å². The zero-order valence-electron chi connectivity index (χ0n) is 7.72. The summed E-state index contributed by atoms with van der Waals surface area (Å²) in [5.74, 6) is 0.944. The second kappa shape index (κ2) is 4.44. The predicted octanol–water partition coefficient (Wildman–Crippen LogP) is 2.07. The van der Waals surface area contributed by atoms with Crippen LogP contribution in [0, 0.1) is 5.92 Å². The summed E-state index contributed by atoms with van der Waals surface area (Å²) in [4.78, 5) is 13.1. The predicted molar refractivity (Wildman–Crippen MR) is 58.5 cm³/mol. The molecular weight excluding hydrogens is 265 g/mol. The van der Waals surface area contributed by atoms with Crippen molar-refractivity contribution >= 4 is 28.5 Å². The topological polar surface area (TPSA) is 20.3 Å². The monoisotopic (exact) mass is 281 g/mol. The lowest BCUT2D eigenvalue weighted by molar-refractivity contribution is -0.130. The Labute approximate surface area is 87.8 Å². The molecule has 0 bridgehead atoms. The molecule has 0 aliphatic carbocycles. The van der Waals surface area contributed by atoms with Gasteiger partial charge in [-0.25, -0.2) is 0 Å². The summed E-state index contributed by atoms with van der Waals surface area (Å²) in [5, 5.41) is 0. The Hall–Kier alpha value is 0.200. The molecular formula is C9H16INO. The number of alkyl halides is 1. The number of hydrogen-bond donors (Lipinski definition) is 0. The van der Waals surface area contributed by atoms with Crippen molar-refractivity contribution in [2.45, 2.75) is 30.6 Å². The Balaban J connectivity index is 2.46. The molecule has 0 aromatic rings. The number of likely N-dealkylation sites (tertiary alicyclic amines) is 1. The Morgan fingerprint density at radius 3 is 2.83 bits per heavy atom. The highest BCUT2D eigenvalue weighted by Gasteiger charge is 2.23. The quantitative estimate of drug-likeness (QED) is 0.532. The first-order valence-corrected chi connectivity index (χ1v) is 5.75. The first-order valence-electron chi connectivity index (χ1n) is 4.51. The fourth-order valence-electron chi connectivity index (χ4n) is 1.67. The smallest absolute Gasteiger partial charge is 0.219 e. The minimum atomic E-state index is 0.233. The molecule has 1 heterocycles. The number of rotatable bonds is 1. The number of carbonyl (C=O) groups is 1. The van der Waals surface area contributed by atoms with Gasteiger partial charge in [0.05, 0.1) is 0 Å². The van der Waals surface area contributed by atoms with Crippen LogP contribution < -0.4 is 0 Å². The number of nitrogens with zero attached hydrogens (tertiary/aromatic N) is 1. The molecule has 0 aromatic carbocycles. The maximum atomic E-state index is 11.1. The molecule has 1 saturated heterocycles. The van der Waals surface area contributed by atoms with Crippen LogP contribution in [0.5, 0.6) is 0 Å². The van der Waals surface area contributed by atoms with Gasteiger partial charge in [0.15, 0.2) is 0 Å². The van der Waals surface area contributed by atoms with Gasteiger partial charge in [-0.2, -0.15) is 0 Å². The van der Waals surface area contributed by atoms with E-state index in [1.54, 1.807) is 6.92 Å². The number of piperidine rings is 1. The van der Waals surface area contributed by atoms with Crippen molar-refractivity contribution in [1.82, 2.24) is 4.90 Å². The Kier molecular flexibility index (Phi) is 3.80. The van der Waals surface area contributed by atoms with E-state index in [0.717, 1.165) is 13.1 Å². The first kappa shape index (κ1) is 10.3. The summed E-state index contributed by atoms with van der Waals surface area (Å²) in [6.07, 6.45) is 2.46. The van der Waals surface area contributed by atoms with Crippen LogP contribution in [-0.4, -0.2) is 27.8 Å². The minimum Gasteiger partial charge on any atom is -0.343 e. The summed E-state index contributed by atoms with van der Waals surface area (Å²) in [6.45, 7) is 5.84. The SMILES string of the molecule is CC(=O)N1CCC[C@@H]([C@@H](C)I)C1. The molecule has 1 fully saturated rings. The van der Waals surface area contributed by atoms with Gasteiger partial charge in [0.25, 0.3) is 0 Å². The van der Waals surface area contributed by atoms with Gasteiger partial charge >= 0.3 is 0 Å². The minimum absolute atomic E-state index is 0.233. The average molecular weight is 281 g/mol. The van der Waals surface area contributed by atoms with Gasteiger partial charge < -0.3 is 4.90 Å². The van der Waals surface area contributed by atoms with E-state index in [4.69, 9.17) is 0 Å². The van der Waals surface area contributed by atoms with Gasteiger partial charge in [0, 0.05) is 23.9 Å². The molecule has 0 N–H and O–H groups in total. The maximum Gasteiger partial charge on any atom is 0.219 e. The van der Waals surface area contributed by atoms with Gasteiger partial charge in [-0.15, -0.1) is 0 Å². The summed E-state index contributed by atoms with van der Waals surface area (Å²) < 4.78 is 0.685. The van der Waals surface area contributed by atoms with Crippen LogP contribution in [0.1, 0.15) is 26.7 Å². The van der Waals surface area contributed by atoms with Crippen LogP contribution in [0.4, 0.5) is 0 Å². The molecule has 2 atom stereocenters. The van der Waals surface area contributed by atoms with Gasteiger partial charge in [0.2, 0.25) is 5.91 Å². The number of halogens is 1. The molecule has 0 saturated carbocycles. The van der Waals surface area contributed by atoms with Gasteiger partial charge in [-0.3, -0.25) is 4.79 Å². The second-order valence-corrected chi connectivity index (χ2v) is 5.51. The zero-order valence-corrected chi connectivity index (χ0v) is 9.87. The van der Waals surface area contributed by atoms with Crippen molar-refractivity contribution in [3.63, 3.8) is 0 Å². The van der Waals surface area contributed by atoms with Crippen molar-refractivity contribution in [3.8, 4) is 0 Å². The van der Waals surface area contributed by atoms with Crippen LogP contribution in [0.2, 0.25) is 0 Å². The molecule has 0 unspecified atom stereocenters. The number of amides is 1. The van der Waals surface area contributed by atoms with Crippen molar-refractivity contribution in [3.05, 3.63) is 0 Å². The lowest BCUT2D eigenvalue weighted by Gasteiger charge is -2.33. The molecule has 1 aliphatic rings. The third kappa shape index (κ3) is 2.61. The van der Waals surface area contributed by atoms with Gasteiger partial charge in [-0.05, 0) is 18.8 Å². The summed E-state index contributed by atoms with van der Waals surface area (Å²) in [5.41, 5.74) is 0. The van der Waals surface area contributed by atoms with Crippen LogP contribution in [-0.2, 0) is 4.79 Å². The van der Waals surface area contributed by atoms with E-state index in [2.05, 4.69) is 29.5 Å². The number of carbonyl (C=O) groups excluding carboxylic acids is 1. The molecule has 3 heteroatoms. The van der Waals surface area contributed by atoms with Crippen molar-refractivity contribution in [1.29, 1.82) is 0 Å². The third-order valence-corrected chi connectivity index (χ3v) is 3.57. The lowest BCUT2D eigenvalue weighted by Crippen LogP contribution is -2.40. The molecule has 12 heavy (non-hydrogen) atoms. The summed E-state index contributed by atoms with van der Waals surface area (Å²) in [7, 11) is 0. The Bertz CT molecular complexity index is 170. The van der Waals surface area contributed by atoms with E-state index < -0.39 is 0 Å². The van der Waals surface area contributed by atoms with Crippen molar-refractivity contribution in [2.24, 2.45) is 5.92 Å². The summed E-state index contributed by atoms with van der Waals surface area (Å²) >= 11 is 2.46. The molecule has 1 amide bonds. The van der Waals surface area contributed by atoms with E-state index in [0.29, 0.717) is 9.84 Å². The van der Waals surface area contributed by atoms with Gasteiger partial charge in [-0.1, -0.05) is 29.5 Å². The normalized spacial score (nSPS) is 26.9. The first-order chi connectivity index (χ1) is 5.61.